The van der Waals surface area contributed by atoms with Crippen molar-refractivity contribution in [1.82, 2.24) is 24.5 Å². The zero-order chi connectivity index (χ0) is 19.5. The third-order valence-electron chi connectivity index (χ3n) is 4.73. The Balaban J connectivity index is 1.81. The minimum Gasteiger partial charge on any atom is -0.324 e. The molecule has 0 aliphatic rings. The summed E-state index contributed by atoms with van der Waals surface area (Å²) in [6, 6.07) is 9.79. The Kier molecular flexibility index (Phi) is 4.81. The summed E-state index contributed by atoms with van der Waals surface area (Å²) in [4.78, 5) is 18.3. The molecule has 0 amide bonds. The van der Waals surface area contributed by atoms with Gasteiger partial charge in [0.15, 0.2) is 5.82 Å². The highest BCUT2D eigenvalue weighted by molar-refractivity contribution is 5.81. The Morgan fingerprint density at radius 1 is 1.11 bits per heavy atom. The fraction of sp³-hybridized carbons (Fsp3) is 0.227. The molecule has 6 heteroatoms. The Bertz CT molecular complexity index is 1190. The molecule has 0 N–H and O–H groups in total. The maximum absolute atomic E-state index is 9.41. The van der Waals surface area contributed by atoms with E-state index in [-0.39, 0.29) is 0 Å². The Labute approximate surface area is 163 Å². The first-order valence-corrected chi connectivity index (χ1v) is 9.32. The van der Waals surface area contributed by atoms with Gasteiger partial charge in [0, 0.05) is 41.4 Å². The smallest absolute Gasteiger partial charge is 0.160 e. The predicted octanol–water partition coefficient (Wildman–Crippen LogP) is 4.07. The number of nitriles is 1. The monoisotopic (exact) mass is 368 g/mol. The van der Waals surface area contributed by atoms with E-state index in [1.165, 1.54) is 5.56 Å². The first-order valence-electron chi connectivity index (χ1n) is 9.32. The molecule has 0 unspecified atom stereocenters. The molecule has 0 aromatic carbocycles. The van der Waals surface area contributed by atoms with Crippen molar-refractivity contribution >= 4 is 10.9 Å². The van der Waals surface area contributed by atoms with Crippen LogP contribution in [0.5, 0.6) is 0 Å². The minimum absolute atomic E-state index is 0.507. The molecule has 0 bridgehead atoms. The van der Waals surface area contributed by atoms with E-state index in [9.17, 15) is 5.26 Å². The van der Waals surface area contributed by atoms with Crippen LogP contribution >= 0.6 is 0 Å². The van der Waals surface area contributed by atoms with Crippen molar-refractivity contribution in [3.63, 3.8) is 0 Å². The molecular weight excluding hydrogens is 348 g/mol. The van der Waals surface area contributed by atoms with E-state index in [2.05, 4.69) is 29.0 Å². The fourth-order valence-corrected chi connectivity index (χ4v) is 3.41. The van der Waals surface area contributed by atoms with E-state index in [1.54, 1.807) is 24.5 Å². The standard InChI is InChI=1S/C22H20N6/c1-3-5-18-19(26-13-17-8-7-15(2)27-20(17)18)14-28-11-10-25-22(28)21-16(12-23)6-4-9-24-21/h4,6-11,13H,3,5,14H2,1-2H3. The van der Waals surface area contributed by atoms with Gasteiger partial charge in [-0.15, -0.1) is 0 Å². The van der Waals surface area contributed by atoms with Crippen LogP contribution in [-0.4, -0.2) is 24.5 Å². The highest BCUT2D eigenvalue weighted by Gasteiger charge is 2.16. The van der Waals surface area contributed by atoms with Crippen LogP contribution in [0.4, 0.5) is 0 Å². The van der Waals surface area contributed by atoms with Crippen molar-refractivity contribution in [3.8, 4) is 17.6 Å². The van der Waals surface area contributed by atoms with E-state index in [0.717, 1.165) is 35.1 Å². The first-order chi connectivity index (χ1) is 13.7. The number of rotatable bonds is 5. The lowest BCUT2D eigenvalue weighted by molar-refractivity contribution is 0.759. The molecule has 0 saturated carbocycles. The maximum Gasteiger partial charge on any atom is 0.160 e. The zero-order valence-electron chi connectivity index (χ0n) is 15.9. The number of aromatic nitrogens is 5. The van der Waals surface area contributed by atoms with Crippen molar-refractivity contribution in [1.29, 1.82) is 5.26 Å². The minimum atomic E-state index is 0.507. The van der Waals surface area contributed by atoms with E-state index in [4.69, 9.17) is 9.97 Å². The van der Waals surface area contributed by atoms with Crippen LogP contribution in [0.25, 0.3) is 22.4 Å². The fourth-order valence-electron chi connectivity index (χ4n) is 3.41. The van der Waals surface area contributed by atoms with Crippen LogP contribution in [0, 0.1) is 18.3 Å². The molecule has 28 heavy (non-hydrogen) atoms. The average molecular weight is 368 g/mol. The van der Waals surface area contributed by atoms with Crippen LogP contribution in [0.2, 0.25) is 0 Å². The summed E-state index contributed by atoms with van der Waals surface area (Å²) in [5, 5.41) is 10.5. The molecule has 0 aliphatic heterocycles. The van der Waals surface area contributed by atoms with Crippen LogP contribution in [-0.2, 0) is 13.0 Å². The van der Waals surface area contributed by atoms with Gasteiger partial charge in [-0.3, -0.25) is 15.0 Å². The number of nitrogens with zero attached hydrogens (tertiary/aromatic N) is 6. The average Bonchev–Trinajstić information content (AvgIpc) is 3.17. The third kappa shape index (κ3) is 3.23. The molecule has 0 aliphatic carbocycles. The maximum atomic E-state index is 9.41. The summed E-state index contributed by atoms with van der Waals surface area (Å²) in [6.07, 6.45) is 9.11. The van der Waals surface area contributed by atoms with Gasteiger partial charge < -0.3 is 4.57 Å². The quantitative estimate of drug-likeness (QED) is 0.530. The summed E-state index contributed by atoms with van der Waals surface area (Å²) in [5.74, 6) is 0.665. The van der Waals surface area contributed by atoms with Gasteiger partial charge in [0.1, 0.15) is 11.8 Å². The number of fused-ring (bicyclic) bond motifs is 1. The van der Waals surface area contributed by atoms with Gasteiger partial charge in [-0.25, -0.2) is 4.98 Å². The lowest BCUT2D eigenvalue weighted by Crippen LogP contribution is -2.08. The molecule has 0 atom stereocenters. The van der Waals surface area contributed by atoms with Crippen molar-refractivity contribution in [2.45, 2.75) is 33.2 Å². The highest BCUT2D eigenvalue weighted by Crippen LogP contribution is 2.24. The van der Waals surface area contributed by atoms with Crippen molar-refractivity contribution in [2.75, 3.05) is 0 Å². The molecule has 138 valence electrons. The van der Waals surface area contributed by atoms with Crippen molar-refractivity contribution in [3.05, 3.63) is 71.6 Å². The molecule has 0 radical (unpaired) electrons. The number of hydrogen-bond acceptors (Lipinski definition) is 5. The van der Waals surface area contributed by atoms with Crippen molar-refractivity contribution < 1.29 is 0 Å². The lowest BCUT2D eigenvalue weighted by Gasteiger charge is -2.14. The summed E-state index contributed by atoms with van der Waals surface area (Å²) >= 11 is 0. The van der Waals surface area contributed by atoms with Crippen LogP contribution in [0.15, 0.2) is 49.1 Å². The van der Waals surface area contributed by atoms with Gasteiger partial charge in [-0.2, -0.15) is 5.26 Å². The third-order valence-corrected chi connectivity index (χ3v) is 4.73. The molecule has 4 aromatic rings. The molecule has 4 aromatic heterocycles. The van der Waals surface area contributed by atoms with Gasteiger partial charge in [-0.1, -0.05) is 13.3 Å². The number of imidazole rings is 1. The Morgan fingerprint density at radius 3 is 2.82 bits per heavy atom. The van der Waals surface area contributed by atoms with Crippen LogP contribution < -0.4 is 0 Å². The highest BCUT2D eigenvalue weighted by atomic mass is 15.1. The second-order valence-corrected chi connectivity index (χ2v) is 6.71. The normalized spacial score (nSPS) is 10.9. The molecule has 0 spiro atoms. The van der Waals surface area contributed by atoms with Gasteiger partial charge in [-0.05, 0) is 37.6 Å². The van der Waals surface area contributed by atoms with Gasteiger partial charge in [0.05, 0.1) is 23.3 Å². The van der Waals surface area contributed by atoms with E-state index in [1.807, 2.05) is 30.0 Å². The number of pyridine rings is 3. The molecule has 4 rings (SSSR count). The number of aryl methyl sites for hydroxylation is 2. The second-order valence-electron chi connectivity index (χ2n) is 6.71. The molecule has 0 saturated heterocycles. The number of hydrogen-bond donors (Lipinski definition) is 0. The summed E-state index contributed by atoms with van der Waals surface area (Å²) in [5.41, 5.74) is 5.25. The second kappa shape index (κ2) is 7.57. The zero-order valence-corrected chi connectivity index (χ0v) is 15.9. The molecular formula is C22H20N6. The topological polar surface area (TPSA) is 80.3 Å². The SMILES string of the molecule is CCCc1c(Cn2ccnc2-c2ncccc2C#N)ncc2ccc(C)nc12. The van der Waals surface area contributed by atoms with Gasteiger partial charge in [0.25, 0.3) is 0 Å². The predicted molar refractivity (Wildman–Crippen MR) is 108 cm³/mol. The Hall–Kier alpha value is -3.59. The van der Waals surface area contributed by atoms with E-state index < -0.39 is 0 Å². The first kappa shape index (κ1) is 17.8. The lowest BCUT2D eigenvalue weighted by atomic mass is 10.0. The molecule has 0 fully saturated rings. The molecule has 4 heterocycles. The summed E-state index contributed by atoms with van der Waals surface area (Å²) in [6.45, 7) is 4.72. The van der Waals surface area contributed by atoms with E-state index in [0.29, 0.717) is 23.6 Å². The van der Waals surface area contributed by atoms with E-state index >= 15 is 0 Å². The van der Waals surface area contributed by atoms with Crippen LogP contribution in [0.3, 0.4) is 0 Å². The summed E-state index contributed by atoms with van der Waals surface area (Å²) < 4.78 is 1.99. The summed E-state index contributed by atoms with van der Waals surface area (Å²) in [7, 11) is 0. The van der Waals surface area contributed by atoms with Crippen LogP contribution in [0.1, 0.15) is 35.9 Å². The van der Waals surface area contributed by atoms with Crippen molar-refractivity contribution in [2.24, 2.45) is 0 Å². The Morgan fingerprint density at radius 2 is 2.00 bits per heavy atom. The van der Waals surface area contributed by atoms with Gasteiger partial charge >= 0.3 is 0 Å². The molecule has 6 nitrogen and oxygen atoms in total. The van der Waals surface area contributed by atoms with Gasteiger partial charge in [0.2, 0.25) is 0 Å². The largest absolute Gasteiger partial charge is 0.324 e.